The molecular formula is C15H20ClN3O. The third kappa shape index (κ3) is 2.97. The molecule has 1 aliphatic rings. The minimum absolute atomic E-state index is 0. The molecule has 1 fully saturated rings. The van der Waals surface area contributed by atoms with Crippen molar-refractivity contribution in [1.82, 2.24) is 9.88 Å². The fourth-order valence-electron chi connectivity index (χ4n) is 2.93. The number of nitrogens with zero attached hydrogens (tertiary/aromatic N) is 1. The Labute approximate surface area is 124 Å². The molecule has 3 N–H and O–H groups in total. The number of nitrogens with two attached hydrogens (primary N) is 1. The van der Waals surface area contributed by atoms with Crippen LogP contribution in [0.25, 0.3) is 10.9 Å². The van der Waals surface area contributed by atoms with Crippen LogP contribution in [0.4, 0.5) is 0 Å². The Morgan fingerprint density at radius 1 is 1.40 bits per heavy atom. The summed E-state index contributed by atoms with van der Waals surface area (Å²) in [5, 5.41) is 1.27. The van der Waals surface area contributed by atoms with Gasteiger partial charge in [-0.25, -0.2) is 0 Å². The van der Waals surface area contributed by atoms with Gasteiger partial charge in [-0.2, -0.15) is 0 Å². The monoisotopic (exact) mass is 293 g/mol. The molecule has 0 saturated carbocycles. The molecule has 1 amide bonds. The number of aromatic nitrogens is 1. The quantitative estimate of drug-likeness (QED) is 0.912. The molecule has 0 radical (unpaired) electrons. The van der Waals surface area contributed by atoms with Crippen molar-refractivity contribution >= 4 is 29.2 Å². The van der Waals surface area contributed by atoms with Gasteiger partial charge in [0.1, 0.15) is 0 Å². The number of benzene rings is 1. The predicted molar refractivity (Wildman–Crippen MR) is 82.7 cm³/mol. The van der Waals surface area contributed by atoms with Crippen molar-refractivity contribution in [2.75, 3.05) is 13.1 Å². The maximum absolute atomic E-state index is 11.3. The zero-order valence-electron chi connectivity index (χ0n) is 11.3. The molecule has 3 rings (SSSR count). The summed E-state index contributed by atoms with van der Waals surface area (Å²) in [6.45, 7) is 2.71. The fourth-order valence-corrected chi connectivity index (χ4v) is 2.93. The summed E-state index contributed by atoms with van der Waals surface area (Å²) in [4.78, 5) is 16.9. The molecule has 5 heteroatoms. The molecule has 0 spiro atoms. The maximum Gasteiger partial charge on any atom is 0.221 e. The lowest BCUT2D eigenvalue weighted by molar-refractivity contribution is -0.123. The van der Waals surface area contributed by atoms with E-state index >= 15 is 0 Å². The highest BCUT2D eigenvalue weighted by Gasteiger charge is 2.24. The van der Waals surface area contributed by atoms with Crippen molar-refractivity contribution in [1.29, 1.82) is 0 Å². The van der Waals surface area contributed by atoms with Crippen LogP contribution in [0.5, 0.6) is 0 Å². The second-order valence-corrected chi connectivity index (χ2v) is 5.34. The van der Waals surface area contributed by atoms with E-state index in [-0.39, 0.29) is 24.2 Å². The first-order chi connectivity index (χ1) is 9.24. The van der Waals surface area contributed by atoms with E-state index < -0.39 is 0 Å². The van der Waals surface area contributed by atoms with Crippen LogP contribution < -0.4 is 5.73 Å². The molecule has 20 heavy (non-hydrogen) atoms. The molecule has 1 unspecified atom stereocenters. The molecule has 1 atom stereocenters. The number of rotatable bonds is 3. The van der Waals surface area contributed by atoms with Crippen molar-refractivity contribution in [3.8, 4) is 0 Å². The second kappa shape index (κ2) is 6.29. The van der Waals surface area contributed by atoms with Crippen molar-refractivity contribution < 1.29 is 4.79 Å². The Hall–Kier alpha value is -1.52. The number of halogens is 1. The lowest BCUT2D eigenvalue weighted by atomic mass is 9.97. The van der Waals surface area contributed by atoms with Crippen LogP contribution in [0, 0.1) is 5.92 Å². The number of piperidine rings is 1. The van der Waals surface area contributed by atoms with Gasteiger partial charge in [0.25, 0.3) is 0 Å². The van der Waals surface area contributed by atoms with Crippen LogP contribution in [0.1, 0.15) is 18.4 Å². The van der Waals surface area contributed by atoms with E-state index in [1.807, 2.05) is 6.07 Å². The molecule has 1 aromatic heterocycles. The van der Waals surface area contributed by atoms with E-state index in [9.17, 15) is 4.79 Å². The number of carbonyl (C=O) groups excluding carboxylic acids is 1. The van der Waals surface area contributed by atoms with Crippen molar-refractivity contribution in [2.24, 2.45) is 11.7 Å². The Balaban J connectivity index is 0.00000147. The number of aromatic amines is 1. The second-order valence-electron chi connectivity index (χ2n) is 5.34. The normalized spacial score (nSPS) is 19.7. The third-order valence-electron chi connectivity index (χ3n) is 3.98. The number of para-hydroxylation sites is 1. The van der Waals surface area contributed by atoms with Gasteiger partial charge in [0.05, 0.1) is 5.92 Å². The van der Waals surface area contributed by atoms with Gasteiger partial charge in [0.15, 0.2) is 0 Å². The van der Waals surface area contributed by atoms with E-state index in [2.05, 4.69) is 34.3 Å². The number of hydrogen-bond acceptors (Lipinski definition) is 2. The molecule has 1 saturated heterocycles. The lowest BCUT2D eigenvalue weighted by Gasteiger charge is -2.30. The average molecular weight is 294 g/mol. The van der Waals surface area contributed by atoms with Crippen molar-refractivity contribution in [2.45, 2.75) is 19.4 Å². The molecule has 1 aliphatic heterocycles. The molecule has 2 aromatic rings. The summed E-state index contributed by atoms with van der Waals surface area (Å²) in [6.07, 6.45) is 4.05. The number of likely N-dealkylation sites (tertiary alicyclic amines) is 1. The fraction of sp³-hybridized carbons (Fsp3) is 0.400. The Kier molecular flexibility index (Phi) is 4.68. The molecule has 4 nitrogen and oxygen atoms in total. The Bertz CT molecular complexity index is 596. The van der Waals surface area contributed by atoms with Gasteiger partial charge in [0.2, 0.25) is 5.91 Å². The third-order valence-corrected chi connectivity index (χ3v) is 3.98. The standard InChI is InChI=1S/C15H19N3O.ClH/c16-15(19)11-4-3-7-18(9-11)10-12-8-17-14-6-2-1-5-13(12)14;/h1-2,5-6,8,11,17H,3-4,7,9-10H2,(H2,16,19);1H. The molecule has 108 valence electrons. The number of nitrogens with one attached hydrogen (secondary N) is 1. The van der Waals surface area contributed by atoms with Crippen molar-refractivity contribution in [3.63, 3.8) is 0 Å². The highest BCUT2D eigenvalue weighted by Crippen LogP contribution is 2.22. The summed E-state index contributed by atoms with van der Waals surface area (Å²) >= 11 is 0. The summed E-state index contributed by atoms with van der Waals surface area (Å²) in [5.74, 6) is -0.150. The Morgan fingerprint density at radius 2 is 2.20 bits per heavy atom. The predicted octanol–water partition coefficient (Wildman–Crippen LogP) is 2.29. The van der Waals surface area contributed by atoms with Crippen LogP contribution >= 0.6 is 12.4 Å². The number of primary amides is 1. The Morgan fingerprint density at radius 3 is 3.00 bits per heavy atom. The largest absolute Gasteiger partial charge is 0.369 e. The van der Waals surface area contributed by atoms with Gasteiger partial charge < -0.3 is 10.7 Å². The van der Waals surface area contributed by atoms with Gasteiger partial charge in [-0.15, -0.1) is 12.4 Å². The smallest absolute Gasteiger partial charge is 0.221 e. The van der Waals surface area contributed by atoms with Gasteiger partial charge in [0, 0.05) is 30.2 Å². The summed E-state index contributed by atoms with van der Waals surface area (Å²) in [7, 11) is 0. The van der Waals surface area contributed by atoms with E-state index in [1.165, 1.54) is 16.5 Å². The number of H-pyrrole nitrogens is 1. The average Bonchev–Trinajstić information content (AvgIpc) is 2.83. The van der Waals surface area contributed by atoms with E-state index in [4.69, 9.17) is 5.73 Å². The highest BCUT2D eigenvalue weighted by molar-refractivity contribution is 5.85. The number of fused-ring (bicyclic) bond motifs is 1. The lowest BCUT2D eigenvalue weighted by Crippen LogP contribution is -2.40. The van der Waals surface area contributed by atoms with E-state index in [1.54, 1.807) is 0 Å². The number of hydrogen-bond donors (Lipinski definition) is 2. The molecule has 2 heterocycles. The summed E-state index contributed by atoms with van der Waals surface area (Å²) in [6, 6.07) is 8.31. The first-order valence-electron chi connectivity index (χ1n) is 6.80. The van der Waals surface area contributed by atoms with Gasteiger partial charge in [-0.05, 0) is 31.0 Å². The van der Waals surface area contributed by atoms with Crippen LogP contribution in [-0.4, -0.2) is 28.9 Å². The minimum Gasteiger partial charge on any atom is -0.369 e. The summed E-state index contributed by atoms with van der Waals surface area (Å²) in [5.41, 5.74) is 7.88. The molecule has 0 aliphatic carbocycles. The topological polar surface area (TPSA) is 62.1 Å². The number of carbonyl (C=O) groups is 1. The van der Waals surface area contributed by atoms with E-state index in [0.717, 1.165) is 32.5 Å². The van der Waals surface area contributed by atoms with Crippen molar-refractivity contribution in [3.05, 3.63) is 36.0 Å². The maximum atomic E-state index is 11.3. The zero-order valence-corrected chi connectivity index (χ0v) is 12.2. The molecular weight excluding hydrogens is 274 g/mol. The van der Waals surface area contributed by atoms with Gasteiger partial charge in [-0.3, -0.25) is 9.69 Å². The zero-order chi connectivity index (χ0) is 13.2. The van der Waals surface area contributed by atoms with Crippen LogP contribution in [0.3, 0.4) is 0 Å². The first kappa shape index (κ1) is 14.9. The molecule has 1 aromatic carbocycles. The minimum atomic E-state index is -0.163. The van der Waals surface area contributed by atoms with E-state index in [0.29, 0.717) is 0 Å². The van der Waals surface area contributed by atoms with Crippen LogP contribution in [0.15, 0.2) is 30.5 Å². The van der Waals surface area contributed by atoms with Crippen LogP contribution in [0.2, 0.25) is 0 Å². The van der Waals surface area contributed by atoms with Gasteiger partial charge in [-0.1, -0.05) is 18.2 Å². The summed E-state index contributed by atoms with van der Waals surface area (Å²) < 4.78 is 0. The number of amides is 1. The highest BCUT2D eigenvalue weighted by atomic mass is 35.5. The molecule has 0 bridgehead atoms. The van der Waals surface area contributed by atoms with Gasteiger partial charge >= 0.3 is 0 Å². The van der Waals surface area contributed by atoms with Crippen LogP contribution in [-0.2, 0) is 11.3 Å². The SMILES string of the molecule is Cl.NC(=O)C1CCCN(Cc2c[nH]c3ccccc23)C1. The first-order valence-corrected chi connectivity index (χ1v) is 6.80.